The number of amides is 1. The van der Waals surface area contributed by atoms with Gasteiger partial charge < -0.3 is 10.2 Å². The van der Waals surface area contributed by atoms with Gasteiger partial charge in [-0.25, -0.2) is 4.68 Å². The molecule has 0 fully saturated rings. The molecule has 6 nitrogen and oxygen atoms in total. The van der Waals surface area contributed by atoms with Gasteiger partial charge in [0, 0.05) is 39.2 Å². The lowest BCUT2D eigenvalue weighted by atomic mass is 10.3. The van der Waals surface area contributed by atoms with E-state index in [2.05, 4.69) is 10.4 Å². The van der Waals surface area contributed by atoms with Crippen molar-refractivity contribution in [2.75, 3.05) is 19.4 Å². The number of carbonyl (C=O) groups excluding carboxylic acids is 1. The standard InChI is InChI=1S/C13H22N4O2/c1-10(2)15-11-8-13(19)17(14-9-11)7-5-6-12(18)16(3)4/h8-10,15H,5-7H2,1-4H3. The van der Waals surface area contributed by atoms with Crippen molar-refractivity contribution >= 4 is 11.6 Å². The highest BCUT2D eigenvalue weighted by Crippen LogP contribution is 2.02. The van der Waals surface area contributed by atoms with E-state index in [1.54, 1.807) is 25.2 Å². The van der Waals surface area contributed by atoms with Crippen molar-refractivity contribution in [3.05, 3.63) is 22.6 Å². The molecule has 0 spiro atoms. The number of hydrogen-bond acceptors (Lipinski definition) is 4. The second-order valence-electron chi connectivity index (χ2n) is 5.00. The second-order valence-corrected chi connectivity index (χ2v) is 5.00. The lowest BCUT2D eigenvalue weighted by molar-refractivity contribution is -0.128. The van der Waals surface area contributed by atoms with E-state index in [0.29, 0.717) is 19.4 Å². The van der Waals surface area contributed by atoms with E-state index in [1.807, 2.05) is 13.8 Å². The maximum Gasteiger partial charge on any atom is 0.268 e. The third-order valence-electron chi connectivity index (χ3n) is 2.58. The molecule has 19 heavy (non-hydrogen) atoms. The third kappa shape index (κ3) is 5.11. The number of rotatable bonds is 6. The number of aromatic nitrogens is 2. The quantitative estimate of drug-likeness (QED) is 0.832. The van der Waals surface area contributed by atoms with Crippen molar-refractivity contribution < 1.29 is 4.79 Å². The summed E-state index contributed by atoms with van der Waals surface area (Å²) in [7, 11) is 3.44. The number of nitrogens with zero attached hydrogens (tertiary/aromatic N) is 3. The SMILES string of the molecule is CC(C)Nc1cnn(CCCC(=O)N(C)C)c(=O)c1. The first-order valence-corrected chi connectivity index (χ1v) is 6.44. The summed E-state index contributed by atoms with van der Waals surface area (Å²) in [6, 6.07) is 1.79. The fourth-order valence-electron chi connectivity index (χ4n) is 1.62. The number of carbonyl (C=O) groups is 1. The van der Waals surface area contributed by atoms with Crippen molar-refractivity contribution in [3.8, 4) is 0 Å². The van der Waals surface area contributed by atoms with Crippen molar-refractivity contribution in [1.82, 2.24) is 14.7 Å². The fourth-order valence-corrected chi connectivity index (χ4v) is 1.62. The second kappa shape index (κ2) is 6.92. The van der Waals surface area contributed by atoms with Gasteiger partial charge in [-0.1, -0.05) is 0 Å². The highest BCUT2D eigenvalue weighted by Gasteiger charge is 2.05. The van der Waals surface area contributed by atoms with E-state index in [9.17, 15) is 9.59 Å². The van der Waals surface area contributed by atoms with E-state index < -0.39 is 0 Å². The van der Waals surface area contributed by atoms with Gasteiger partial charge in [-0.15, -0.1) is 0 Å². The van der Waals surface area contributed by atoms with Gasteiger partial charge in [-0.3, -0.25) is 9.59 Å². The average molecular weight is 266 g/mol. The highest BCUT2D eigenvalue weighted by atomic mass is 16.2. The Morgan fingerprint density at radius 2 is 2.16 bits per heavy atom. The Morgan fingerprint density at radius 3 is 2.68 bits per heavy atom. The monoisotopic (exact) mass is 266 g/mol. The molecular weight excluding hydrogens is 244 g/mol. The molecule has 0 radical (unpaired) electrons. The van der Waals surface area contributed by atoms with Gasteiger partial charge in [-0.05, 0) is 20.3 Å². The molecule has 0 saturated heterocycles. The average Bonchev–Trinajstić information content (AvgIpc) is 2.30. The first-order chi connectivity index (χ1) is 8.90. The fraction of sp³-hybridized carbons (Fsp3) is 0.615. The molecule has 1 heterocycles. The molecule has 0 atom stereocenters. The first kappa shape index (κ1) is 15.2. The summed E-state index contributed by atoms with van der Waals surface area (Å²) >= 11 is 0. The van der Waals surface area contributed by atoms with E-state index in [4.69, 9.17) is 0 Å². The number of nitrogens with one attached hydrogen (secondary N) is 1. The molecular formula is C13H22N4O2. The molecule has 0 unspecified atom stereocenters. The lowest BCUT2D eigenvalue weighted by Crippen LogP contribution is -2.25. The summed E-state index contributed by atoms with van der Waals surface area (Å²) in [5.74, 6) is 0.0612. The number of anilines is 1. The number of hydrogen-bond donors (Lipinski definition) is 1. The van der Waals surface area contributed by atoms with Crippen LogP contribution in [0.3, 0.4) is 0 Å². The van der Waals surface area contributed by atoms with Gasteiger partial charge in [-0.2, -0.15) is 5.10 Å². The molecule has 0 aliphatic rings. The van der Waals surface area contributed by atoms with Crippen LogP contribution in [0.15, 0.2) is 17.1 Å². The van der Waals surface area contributed by atoms with Crippen LogP contribution in [0.1, 0.15) is 26.7 Å². The molecule has 6 heteroatoms. The highest BCUT2D eigenvalue weighted by molar-refractivity contribution is 5.75. The van der Waals surface area contributed by atoms with Crippen LogP contribution in [0.2, 0.25) is 0 Å². The van der Waals surface area contributed by atoms with Crippen LogP contribution in [-0.2, 0) is 11.3 Å². The Hall–Kier alpha value is -1.85. The summed E-state index contributed by atoms with van der Waals surface area (Å²) in [4.78, 5) is 24.7. The van der Waals surface area contributed by atoms with E-state index in [-0.39, 0.29) is 17.5 Å². The van der Waals surface area contributed by atoms with Crippen LogP contribution < -0.4 is 10.9 Å². The van der Waals surface area contributed by atoms with Crippen molar-refractivity contribution in [3.63, 3.8) is 0 Å². The molecule has 0 aliphatic carbocycles. The predicted octanol–water partition coefficient (Wildman–Crippen LogP) is 0.932. The molecule has 1 rings (SSSR count). The van der Waals surface area contributed by atoms with Crippen molar-refractivity contribution in [2.24, 2.45) is 0 Å². The van der Waals surface area contributed by atoms with Gasteiger partial charge in [0.1, 0.15) is 0 Å². The molecule has 106 valence electrons. The molecule has 0 aromatic carbocycles. The van der Waals surface area contributed by atoms with Crippen LogP contribution in [0.5, 0.6) is 0 Å². The maximum atomic E-state index is 11.8. The van der Waals surface area contributed by atoms with Gasteiger partial charge >= 0.3 is 0 Å². The minimum Gasteiger partial charge on any atom is -0.381 e. The van der Waals surface area contributed by atoms with Gasteiger partial charge in [0.05, 0.1) is 11.9 Å². The predicted molar refractivity (Wildman–Crippen MR) is 75.2 cm³/mol. The van der Waals surface area contributed by atoms with Crippen LogP contribution in [-0.4, -0.2) is 40.7 Å². The molecule has 0 bridgehead atoms. The number of aryl methyl sites for hydroxylation is 1. The topological polar surface area (TPSA) is 67.2 Å². The first-order valence-electron chi connectivity index (χ1n) is 6.44. The normalized spacial score (nSPS) is 10.6. The minimum atomic E-state index is -0.150. The Morgan fingerprint density at radius 1 is 1.47 bits per heavy atom. The Balaban J connectivity index is 2.56. The Kier molecular flexibility index (Phi) is 5.54. The summed E-state index contributed by atoms with van der Waals surface area (Å²) in [6.07, 6.45) is 2.67. The summed E-state index contributed by atoms with van der Waals surface area (Å²) in [5, 5.41) is 7.22. The zero-order valence-corrected chi connectivity index (χ0v) is 12.0. The Bertz CT molecular complexity index is 480. The zero-order chi connectivity index (χ0) is 14.4. The molecule has 0 aliphatic heterocycles. The van der Waals surface area contributed by atoms with Gasteiger partial charge in [0.2, 0.25) is 5.91 Å². The molecule has 1 N–H and O–H groups in total. The van der Waals surface area contributed by atoms with Crippen LogP contribution in [0.4, 0.5) is 5.69 Å². The van der Waals surface area contributed by atoms with Crippen molar-refractivity contribution in [1.29, 1.82) is 0 Å². The lowest BCUT2D eigenvalue weighted by Gasteiger charge is -2.11. The van der Waals surface area contributed by atoms with Crippen molar-refractivity contribution in [2.45, 2.75) is 39.3 Å². The van der Waals surface area contributed by atoms with E-state index in [1.165, 1.54) is 10.7 Å². The third-order valence-corrected chi connectivity index (χ3v) is 2.58. The van der Waals surface area contributed by atoms with E-state index in [0.717, 1.165) is 5.69 Å². The maximum absolute atomic E-state index is 11.8. The van der Waals surface area contributed by atoms with Crippen LogP contribution in [0, 0.1) is 0 Å². The van der Waals surface area contributed by atoms with Crippen LogP contribution >= 0.6 is 0 Å². The molecule has 1 aromatic rings. The van der Waals surface area contributed by atoms with Crippen LogP contribution in [0.25, 0.3) is 0 Å². The van der Waals surface area contributed by atoms with E-state index >= 15 is 0 Å². The molecule has 1 aromatic heterocycles. The molecule has 0 saturated carbocycles. The largest absolute Gasteiger partial charge is 0.381 e. The summed E-state index contributed by atoms with van der Waals surface area (Å²) < 4.78 is 1.38. The van der Waals surface area contributed by atoms with Gasteiger partial charge in [0.15, 0.2) is 0 Å². The smallest absolute Gasteiger partial charge is 0.268 e. The minimum absolute atomic E-state index is 0.0612. The summed E-state index contributed by atoms with van der Waals surface area (Å²) in [5.41, 5.74) is 0.573. The summed E-state index contributed by atoms with van der Waals surface area (Å²) in [6.45, 7) is 4.46. The Labute approximate surface area is 113 Å². The molecule has 1 amide bonds. The zero-order valence-electron chi connectivity index (χ0n) is 12.0. The van der Waals surface area contributed by atoms with Gasteiger partial charge in [0.25, 0.3) is 5.56 Å².